The van der Waals surface area contributed by atoms with E-state index in [0.717, 1.165) is 17.6 Å². The topological polar surface area (TPSA) is 81.7 Å². The molecule has 0 fully saturated rings. The summed E-state index contributed by atoms with van der Waals surface area (Å²) in [5, 5.41) is 2.86. The van der Waals surface area contributed by atoms with Crippen LogP contribution in [0, 0.1) is 0 Å². The normalized spacial score (nSPS) is 11.0. The molecule has 0 aliphatic carbocycles. The Morgan fingerprint density at radius 3 is 2.46 bits per heavy atom. The number of ether oxygens (including phenoxy) is 2. The van der Waals surface area contributed by atoms with E-state index in [4.69, 9.17) is 9.47 Å². The molecule has 0 spiro atoms. The van der Waals surface area contributed by atoms with E-state index in [0.29, 0.717) is 31.7 Å². The molecule has 0 unspecified atom stereocenters. The van der Waals surface area contributed by atoms with Crippen LogP contribution in [0.1, 0.15) is 18.4 Å². The first-order valence-electron chi connectivity index (χ1n) is 8.21. The molecule has 0 radical (unpaired) electrons. The van der Waals surface area contributed by atoms with Gasteiger partial charge in [0.05, 0.1) is 18.6 Å². The molecule has 0 aliphatic rings. The largest absolute Gasteiger partial charge is 0.497 e. The molecule has 6 nitrogen and oxygen atoms in total. The van der Waals surface area contributed by atoms with Gasteiger partial charge in [-0.2, -0.15) is 0 Å². The third-order valence-corrected chi connectivity index (χ3v) is 4.82. The summed E-state index contributed by atoms with van der Waals surface area (Å²) in [6, 6.07) is 13.8. The number of amides is 1. The summed E-state index contributed by atoms with van der Waals surface area (Å²) in [4.78, 5) is 12.1. The van der Waals surface area contributed by atoms with Gasteiger partial charge in [-0.1, -0.05) is 12.1 Å². The van der Waals surface area contributed by atoms with Crippen LogP contribution in [-0.4, -0.2) is 34.3 Å². The molecule has 0 saturated carbocycles. The highest BCUT2D eigenvalue weighted by Crippen LogP contribution is 2.16. The van der Waals surface area contributed by atoms with E-state index in [2.05, 4.69) is 5.32 Å². The van der Waals surface area contributed by atoms with Gasteiger partial charge >= 0.3 is 0 Å². The lowest BCUT2D eigenvalue weighted by molar-refractivity contribution is -0.121. The number of methoxy groups -OCH3 is 1. The molecule has 1 amide bonds. The summed E-state index contributed by atoms with van der Waals surface area (Å²) >= 11 is 0. The van der Waals surface area contributed by atoms with E-state index in [1.165, 1.54) is 12.1 Å². The summed E-state index contributed by atoms with van der Waals surface area (Å²) in [5.74, 6) is 1.28. The molecule has 0 bridgehead atoms. The molecule has 2 aromatic rings. The number of rotatable bonds is 9. The van der Waals surface area contributed by atoms with Gasteiger partial charge in [-0.3, -0.25) is 4.79 Å². The minimum atomic E-state index is -3.21. The van der Waals surface area contributed by atoms with Crippen molar-refractivity contribution < 1.29 is 22.7 Å². The second kappa shape index (κ2) is 9.24. The molecule has 0 heterocycles. The fraction of sp³-hybridized carbons (Fsp3) is 0.316. The maximum atomic E-state index is 11.9. The van der Waals surface area contributed by atoms with Crippen molar-refractivity contribution in [1.82, 2.24) is 5.32 Å². The predicted octanol–water partition coefficient (Wildman–Crippen LogP) is 2.57. The first-order chi connectivity index (χ1) is 12.4. The zero-order valence-corrected chi connectivity index (χ0v) is 15.7. The zero-order chi connectivity index (χ0) is 19.0. The Bertz CT molecular complexity index is 831. The van der Waals surface area contributed by atoms with Gasteiger partial charge < -0.3 is 14.8 Å². The number of nitrogens with one attached hydrogen (secondary N) is 1. The minimum absolute atomic E-state index is 0.0520. The fourth-order valence-electron chi connectivity index (χ4n) is 2.28. The third-order valence-electron chi connectivity index (χ3n) is 3.69. The first kappa shape index (κ1) is 19.8. The molecule has 0 saturated heterocycles. The third kappa shape index (κ3) is 6.40. The summed E-state index contributed by atoms with van der Waals surface area (Å²) in [6.45, 7) is 0.828. The van der Waals surface area contributed by atoms with Gasteiger partial charge in [0.1, 0.15) is 11.5 Å². The average Bonchev–Trinajstić information content (AvgIpc) is 2.63. The molecule has 0 aliphatic heterocycles. The first-order valence-corrected chi connectivity index (χ1v) is 10.1. The van der Waals surface area contributed by atoms with E-state index in [1.807, 2.05) is 24.3 Å². The number of benzene rings is 2. The molecule has 2 aromatic carbocycles. The number of carbonyl (C=O) groups is 1. The van der Waals surface area contributed by atoms with Gasteiger partial charge in [0.2, 0.25) is 5.91 Å². The van der Waals surface area contributed by atoms with E-state index in [9.17, 15) is 13.2 Å². The standard InChI is InChI=1S/C19H23NO5S/c1-24-17-6-3-5-15(13-17)14-20-19(21)7-4-12-25-16-8-10-18(11-9-16)26(2,22)23/h3,5-6,8-11,13H,4,7,12,14H2,1-2H3,(H,20,21). The molecule has 26 heavy (non-hydrogen) atoms. The number of hydrogen-bond donors (Lipinski definition) is 1. The van der Waals surface area contributed by atoms with Crippen molar-refractivity contribution in [3.8, 4) is 11.5 Å². The van der Waals surface area contributed by atoms with Crippen molar-refractivity contribution in [2.45, 2.75) is 24.3 Å². The maximum absolute atomic E-state index is 11.9. The number of carbonyl (C=O) groups excluding carboxylic acids is 1. The molecule has 0 atom stereocenters. The van der Waals surface area contributed by atoms with Crippen molar-refractivity contribution in [2.24, 2.45) is 0 Å². The van der Waals surface area contributed by atoms with Crippen molar-refractivity contribution in [2.75, 3.05) is 20.0 Å². The van der Waals surface area contributed by atoms with Crippen molar-refractivity contribution >= 4 is 15.7 Å². The van der Waals surface area contributed by atoms with E-state index in [1.54, 1.807) is 19.2 Å². The second-order valence-electron chi connectivity index (χ2n) is 5.82. The van der Waals surface area contributed by atoms with Crippen LogP contribution >= 0.6 is 0 Å². The lowest BCUT2D eigenvalue weighted by Gasteiger charge is -2.08. The van der Waals surface area contributed by atoms with E-state index < -0.39 is 9.84 Å². The molecule has 0 aromatic heterocycles. The Morgan fingerprint density at radius 2 is 1.81 bits per heavy atom. The van der Waals surface area contributed by atoms with Crippen LogP contribution in [0.3, 0.4) is 0 Å². The molecule has 7 heteroatoms. The monoisotopic (exact) mass is 377 g/mol. The number of hydrogen-bond acceptors (Lipinski definition) is 5. The molecule has 2 rings (SSSR count). The zero-order valence-electron chi connectivity index (χ0n) is 14.9. The Balaban J connectivity index is 1.68. The fourth-order valence-corrected chi connectivity index (χ4v) is 2.91. The SMILES string of the molecule is COc1cccc(CNC(=O)CCCOc2ccc(S(C)(=O)=O)cc2)c1. The van der Waals surface area contributed by atoms with Crippen molar-refractivity contribution in [1.29, 1.82) is 0 Å². The minimum Gasteiger partial charge on any atom is -0.497 e. The van der Waals surface area contributed by atoms with Crippen LogP contribution in [0.5, 0.6) is 11.5 Å². The van der Waals surface area contributed by atoms with Gasteiger partial charge in [-0.05, 0) is 48.4 Å². The highest BCUT2D eigenvalue weighted by molar-refractivity contribution is 7.90. The van der Waals surface area contributed by atoms with Crippen LogP contribution in [0.15, 0.2) is 53.4 Å². The van der Waals surface area contributed by atoms with Gasteiger partial charge in [0, 0.05) is 19.2 Å². The van der Waals surface area contributed by atoms with Crippen LogP contribution < -0.4 is 14.8 Å². The molecular weight excluding hydrogens is 354 g/mol. The summed E-state index contributed by atoms with van der Waals surface area (Å²) in [7, 11) is -1.60. The average molecular weight is 377 g/mol. The quantitative estimate of drug-likeness (QED) is 0.679. The van der Waals surface area contributed by atoms with E-state index >= 15 is 0 Å². The lowest BCUT2D eigenvalue weighted by atomic mass is 10.2. The van der Waals surface area contributed by atoms with Gasteiger partial charge in [0.25, 0.3) is 0 Å². The molecular formula is C19H23NO5S. The van der Waals surface area contributed by atoms with Crippen molar-refractivity contribution in [3.05, 3.63) is 54.1 Å². The predicted molar refractivity (Wildman–Crippen MR) is 99.1 cm³/mol. The molecule has 1 N–H and O–H groups in total. The van der Waals surface area contributed by atoms with Crippen molar-refractivity contribution in [3.63, 3.8) is 0 Å². The summed E-state index contributed by atoms with van der Waals surface area (Å²) < 4.78 is 33.4. The maximum Gasteiger partial charge on any atom is 0.220 e. The van der Waals surface area contributed by atoms with Gasteiger partial charge in [-0.15, -0.1) is 0 Å². The Labute approximate surface area is 154 Å². The van der Waals surface area contributed by atoms with Crippen LogP contribution in [0.4, 0.5) is 0 Å². The lowest BCUT2D eigenvalue weighted by Crippen LogP contribution is -2.23. The summed E-state index contributed by atoms with van der Waals surface area (Å²) in [5.41, 5.74) is 0.972. The van der Waals surface area contributed by atoms with Gasteiger partial charge in [-0.25, -0.2) is 8.42 Å². The van der Waals surface area contributed by atoms with E-state index in [-0.39, 0.29) is 10.8 Å². The second-order valence-corrected chi connectivity index (χ2v) is 7.84. The summed E-state index contributed by atoms with van der Waals surface area (Å²) in [6.07, 6.45) is 2.08. The van der Waals surface area contributed by atoms with Crippen LogP contribution in [0.25, 0.3) is 0 Å². The van der Waals surface area contributed by atoms with Crippen LogP contribution in [0.2, 0.25) is 0 Å². The van der Waals surface area contributed by atoms with Crippen LogP contribution in [-0.2, 0) is 21.2 Å². The smallest absolute Gasteiger partial charge is 0.220 e. The highest BCUT2D eigenvalue weighted by atomic mass is 32.2. The highest BCUT2D eigenvalue weighted by Gasteiger charge is 2.07. The Morgan fingerprint density at radius 1 is 1.08 bits per heavy atom. The number of sulfone groups is 1. The Hall–Kier alpha value is -2.54. The molecule has 140 valence electrons. The van der Waals surface area contributed by atoms with Gasteiger partial charge in [0.15, 0.2) is 9.84 Å². The Kier molecular flexibility index (Phi) is 7.03.